The molecular formula is C21H28ClFN2O3S. The third-order valence-electron chi connectivity index (χ3n) is 6.54. The molecule has 0 aromatic heterocycles. The second-order valence-electron chi connectivity index (χ2n) is 8.83. The molecule has 0 heterocycles. The van der Waals surface area contributed by atoms with Crippen LogP contribution < -0.4 is 11.1 Å². The fourth-order valence-corrected chi connectivity index (χ4v) is 7.10. The van der Waals surface area contributed by atoms with Crippen molar-refractivity contribution in [3.8, 4) is 0 Å². The fourth-order valence-electron chi connectivity index (χ4n) is 5.86. The van der Waals surface area contributed by atoms with Crippen LogP contribution in [0.4, 0.5) is 4.39 Å². The van der Waals surface area contributed by atoms with Gasteiger partial charge >= 0.3 is 0 Å². The lowest BCUT2D eigenvalue weighted by molar-refractivity contribution is -0.0167. The minimum Gasteiger partial charge on any atom is -0.347 e. The maximum atomic E-state index is 13.7. The number of sulfone groups is 1. The van der Waals surface area contributed by atoms with Crippen LogP contribution in [0.5, 0.6) is 0 Å². The van der Waals surface area contributed by atoms with Crippen molar-refractivity contribution in [2.45, 2.75) is 49.0 Å². The average Bonchev–Trinajstić information content (AvgIpc) is 2.60. The van der Waals surface area contributed by atoms with Gasteiger partial charge < -0.3 is 11.1 Å². The summed E-state index contributed by atoms with van der Waals surface area (Å²) >= 11 is 0. The Hall–Kier alpha value is -1.44. The van der Waals surface area contributed by atoms with E-state index >= 15 is 0 Å². The molecule has 0 radical (unpaired) electrons. The lowest BCUT2D eigenvalue weighted by atomic mass is 9.53. The lowest BCUT2D eigenvalue weighted by Crippen LogP contribution is -2.59. The molecule has 0 aliphatic heterocycles. The van der Waals surface area contributed by atoms with E-state index in [1.165, 1.54) is 37.5 Å². The molecule has 1 amide bonds. The minimum atomic E-state index is -3.87. The largest absolute Gasteiger partial charge is 0.347 e. The molecule has 4 aliphatic carbocycles. The van der Waals surface area contributed by atoms with Gasteiger partial charge in [-0.05, 0) is 80.6 Å². The summed E-state index contributed by atoms with van der Waals surface area (Å²) in [5, 5.41) is 3.24. The number of carbonyl (C=O) groups excluding carboxylic acids is 1. The van der Waals surface area contributed by atoms with Gasteiger partial charge in [-0.15, -0.1) is 12.4 Å². The molecule has 0 spiro atoms. The Balaban J connectivity index is 0.00000240. The summed E-state index contributed by atoms with van der Waals surface area (Å²) in [6, 6.07) is 5.89. The standard InChI is InChI=1S/C21H27FN2O3S.ClH/c22-18(4-5-23)13-28(26,27)19-3-1-2-17(9-19)20(25)24-21-10-14-6-15(11-21)8-16(7-14)12-21;/h1-4,9,14-16H,5-8,10-13,23H2,(H,24,25);1H/b18-4-;. The molecule has 29 heavy (non-hydrogen) atoms. The van der Waals surface area contributed by atoms with Crippen LogP contribution in [-0.2, 0) is 9.84 Å². The summed E-state index contributed by atoms with van der Waals surface area (Å²) in [5.41, 5.74) is 5.39. The second kappa shape index (κ2) is 8.36. The zero-order chi connectivity index (χ0) is 19.9. The van der Waals surface area contributed by atoms with E-state index in [0.717, 1.165) is 25.3 Å². The first kappa shape index (κ1) is 22.2. The predicted molar refractivity (Wildman–Crippen MR) is 112 cm³/mol. The van der Waals surface area contributed by atoms with Crippen molar-refractivity contribution in [2.75, 3.05) is 12.3 Å². The molecule has 1 aromatic carbocycles. The maximum absolute atomic E-state index is 13.7. The Morgan fingerprint density at radius 2 is 1.76 bits per heavy atom. The van der Waals surface area contributed by atoms with Crippen LogP contribution in [0.15, 0.2) is 41.1 Å². The number of halogens is 2. The molecule has 0 unspecified atom stereocenters. The first-order valence-electron chi connectivity index (χ1n) is 9.98. The smallest absolute Gasteiger partial charge is 0.251 e. The molecular weight excluding hydrogens is 415 g/mol. The highest BCUT2D eigenvalue weighted by Gasteiger charge is 2.51. The third kappa shape index (κ3) is 4.67. The average molecular weight is 443 g/mol. The number of amides is 1. The quantitative estimate of drug-likeness (QED) is 0.706. The summed E-state index contributed by atoms with van der Waals surface area (Å²) in [6.07, 6.45) is 7.97. The molecule has 8 heteroatoms. The van der Waals surface area contributed by atoms with Crippen molar-refractivity contribution in [1.29, 1.82) is 0 Å². The molecule has 5 nitrogen and oxygen atoms in total. The van der Waals surface area contributed by atoms with Gasteiger partial charge in [0, 0.05) is 17.6 Å². The molecule has 0 saturated heterocycles. The number of hydrogen-bond acceptors (Lipinski definition) is 4. The van der Waals surface area contributed by atoms with E-state index in [4.69, 9.17) is 5.73 Å². The van der Waals surface area contributed by atoms with Gasteiger partial charge in [-0.3, -0.25) is 4.79 Å². The third-order valence-corrected chi connectivity index (χ3v) is 8.17. The first-order chi connectivity index (χ1) is 13.3. The molecule has 4 saturated carbocycles. The highest BCUT2D eigenvalue weighted by molar-refractivity contribution is 7.91. The van der Waals surface area contributed by atoms with Crippen LogP contribution in [-0.4, -0.2) is 32.2 Å². The summed E-state index contributed by atoms with van der Waals surface area (Å²) in [5.74, 6) is 0.342. The SMILES string of the molecule is Cl.NC/C=C(\F)CS(=O)(=O)c1cccc(C(=O)NC23CC4CC(CC(C4)C2)C3)c1. The van der Waals surface area contributed by atoms with Gasteiger partial charge in [-0.2, -0.15) is 0 Å². The number of hydrogen-bond donors (Lipinski definition) is 2. The van der Waals surface area contributed by atoms with Gasteiger partial charge in [-0.25, -0.2) is 12.8 Å². The Kier molecular flexibility index (Phi) is 6.41. The molecule has 4 aliphatic rings. The van der Waals surface area contributed by atoms with E-state index in [0.29, 0.717) is 23.3 Å². The van der Waals surface area contributed by atoms with E-state index in [9.17, 15) is 17.6 Å². The molecule has 4 fully saturated rings. The number of rotatable bonds is 6. The molecule has 3 N–H and O–H groups in total. The molecule has 0 atom stereocenters. The van der Waals surface area contributed by atoms with E-state index in [1.807, 2.05) is 0 Å². The van der Waals surface area contributed by atoms with Gasteiger partial charge in [0.15, 0.2) is 9.84 Å². The van der Waals surface area contributed by atoms with Crippen molar-refractivity contribution < 1.29 is 17.6 Å². The lowest BCUT2D eigenvalue weighted by Gasteiger charge is -2.56. The first-order valence-corrected chi connectivity index (χ1v) is 11.6. The number of nitrogens with one attached hydrogen (secondary N) is 1. The highest BCUT2D eigenvalue weighted by atomic mass is 35.5. The topological polar surface area (TPSA) is 89.3 Å². The summed E-state index contributed by atoms with van der Waals surface area (Å²) in [7, 11) is -3.87. The van der Waals surface area contributed by atoms with E-state index in [1.54, 1.807) is 6.07 Å². The Morgan fingerprint density at radius 1 is 1.17 bits per heavy atom. The van der Waals surface area contributed by atoms with Gasteiger partial charge in [0.2, 0.25) is 0 Å². The van der Waals surface area contributed by atoms with E-state index in [2.05, 4.69) is 5.32 Å². The van der Waals surface area contributed by atoms with Crippen molar-refractivity contribution in [3.05, 3.63) is 41.7 Å². The fraction of sp³-hybridized carbons (Fsp3) is 0.571. The van der Waals surface area contributed by atoms with E-state index in [-0.39, 0.29) is 35.3 Å². The van der Waals surface area contributed by atoms with Gasteiger partial charge in [0.25, 0.3) is 5.91 Å². The zero-order valence-electron chi connectivity index (χ0n) is 16.3. The number of nitrogens with two attached hydrogens (primary N) is 1. The molecule has 5 rings (SSSR count). The van der Waals surface area contributed by atoms with Crippen molar-refractivity contribution in [2.24, 2.45) is 23.5 Å². The van der Waals surface area contributed by atoms with Crippen LogP contribution in [0.3, 0.4) is 0 Å². The van der Waals surface area contributed by atoms with Gasteiger partial charge in [-0.1, -0.05) is 6.07 Å². The zero-order valence-corrected chi connectivity index (χ0v) is 17.9. The van der Waals surface area contributed by atoms with Gasteiger partial charge in [0.05, 0.1) is 4.90 Å². The summed E-state index contributed by atoms with van der Waals surface area (Å²) < 4.78 is 38.6. The minimum absolute atomic E-state index is 0. The van der Waals surface area contributed by atoms with Crippen LogP contribution in [0.2, 0.25) is 0 Å². The van der Waals surface area contributed by atoms with Crippen LogP contribution in [0.1, 0.15) is 48.9 Å². The number of benzene rings is 1. The Bertz CT molecular complexity index is 881. The van der Waals surface area contributed by atoms with Crippen LogP contribution in [0, 0.1) is 17.8 Å². The monoisotopic (exact) mass is 442 g/mol. The molecule has 4 bridgehead atoms. The van der Waals surface area contributed by atoms with Crippen molar-refractivity contribution in [1.82, 2.24) is 5.32 Å². The summed E-state index contributed by atoms with van der Waals surface area (Å²) in [6.45, 7) is -0.0607. The summed E-state index contributed by atoms with van der Waals surface area (Å²) in [4.78, 5) is 12.9. The Morgan fingerprint density at radius 3 is 2.31 bits per heavy atom. The maximum Gasteiger partial charge on any atom is 0.251 e. The van der Waals surface area contributed by atoms with Crippen LogP contribution in [0.25, 0.3) is 0 Å². The van der Waals surface area contributed by atoms with Crippen LogP contribution >= 0.6 is 12.4 Å². The molecule has 1 aromatic rings. The van der Waals surface area contributed by atoms with E-state index < -0.39 is 21.4 Å². The predicted octanol–water partition coefficient (Wildman–Crippen LogP) is 3.39. The highest BCUT2D eigenvalue weighted by Crippen LogP contribution is 2.55. The number of carbonyl (C=O) groups is 1. The van der Waals surface area contributed by atoms with Crippen molar-refractivity contribution in [3.63, 3.8) is 0 Å². The Labute approximate surface area is 177 Å². The van der Waals surface area contributed by atoms with Gasteiger partial charge in [0.1, 0.15) is 11.6 Å². The second-order valence-corrected chi connectivity index (χ2v) is 10.8. The molecule has 160 valence electrons. The normalized spacial score (nSPS) is 30.7. The van der Waals surface area contributed by atoms with Crippen molar-refractivity contribution >= 4 is 28.2 Å².